The molecular formula is C13H25N3O2. The van der Waals surface area contributed by atoms with Crippen molar-refractivity contribution >= 4 is 11.8 Å². The van der Waals surface area contributed by atoms with Crippen LogP contribution in [0.1, 0.15) is 40.5 Å². The van der Waals surface area contributed by atoms with Crippen LogP contribution < -0.4 is 11.1 Å². The molecule has 3 N–H and O–H groups in total. The van der Waals surface area contributed by atoms with E-state index in [0.29, 0.717) is 0 Å². The molecule has 3 atom stereocenters. The SMILES string of the molecule is CC(C)[C@H](N)C(=O)NCC(=O)N1C(C)CCC1C. The van der Waals surface area contributed by atoms with E-state index in [1.54, 1.807) is 0 Å². The van der Waals surface area contributed by atoms with Gasteiger partial charge in [0.15, 0.2) is 0 Å². The number of hydrogen-bond donors (Lipinski definition) is 2. The molecule has 0 saturated carbocycles. The van der Waals surface area contributed by atoms with Crippen molar-refractivity contribution < 1.29 is 9.59 Å². The van der Waals surface area contributed by atoms with Gasteiger partial charge in [0.25, 0.3) is 0 Å². The van der Waals surface area contributed by atoms with Crippen LogP contribution >= 0.6 is 0 Å². The first-order valence-corrected chi connectivity index (χ1v) is 6.69. The zero-order chi connectivity index (χ0) is 13.9. The van der Waals surface area contributed by atoms with Crippen molar-refractivity contribution in [2.45, 2.75) is 58.7 Å². The molecule has 1 saturated heterocycles. The van der Waals surface area contributed by atoms with Crippen molar-refractivity contribution in [3.8, 4) is 0 Å². The number of likely N-dealkylation sites (tertiary alicyclic amines) is 1. The molecule has 2 unspecified atom stereocenters. The van der Waals surface area contributed by atoms with Crippen LogP contribution in [0.4, 0.5) is 0 Å². The maximum absolute atomic E-state index is 12.0. The van der Waals surface area contributed by atoms with Crippen molar-refractivity contribution in [1.29, 1.82) is 0 Å². The van der Waals surface area contributed by atoms with E-state index in [9.17, 15) is 9.59 Å². The van der Waals surface area contributed by atoms with Crippen LogP contribution in [0.2, 0.25) is 0 Å². The molecule has 0 aromatic rings. The molecule has 1 heterocycles. The van der Waals surface area contributed by atoms with Gasteiger partial charge >= 0.3 is 0 Å². The lowest BCUT2D eigenvalue weighted by Gasteiger charge is -2.26. The Morgan fingerprint density at radius 3 is 2.22 bits per heavy atom. The van der Waals surface area contributed by atoms with E-state index in [0.717, 1.165) is 12.8 Å². The zero-order valence-corrected chi connectivity index (χ0v) is 11.8. The van der Waals surface area contributed by atoms with E-state index >= 15 is 0 Å². The van der Waals surface area contributed by atoms with E-state index in [4.69, 9.17) is 5.73 Å². The van der Waals surface area contributed by atoms with Gasteiger partial charge in [-0.3, -0.25) is 9.59 Å². The second-order valence-corrected chi connectivity index (χ2v) is 5.56. The number of rotatable bonds is 4. The molecule has 5 heteroatoms. The minimum Gasteiger partial charge on any atom is -0.346 e. The Labute approximate surface area is 109 Å². The number of carbonyl (C=O) groups is 2. The highest BCUT2D eigenvalue weighted by Crippen LogP contribution is 2.23. The second kappa shape index (κ2) is 6.18. The maximum Gasteiger partial charge on any atom is 0.242 e. The van der Waals surface area contributed by atoms with Gasteiger partial charge in [0, 0.05) is 12.1 Å². The predicted molar refractivity (Wildman–Crippen MR) is 70.8 cm³/mol. The third-order valence-electron chi connectivity index (χ3n) is 3.67. The van der Waals surface area contributed by atoms with Crippen LogP contribution in [0.15, 0.2) is 0 Å². The van der Waals surface area contributed by atoms with Gasteiger partial charge in [-0.1, -0.05) is 13.8 Å². The highest BCUT2D eigenvalue weighted by molar-refractivity contribution is 5.87. The van der Waals surface area contributed by atoms with Gasteiger partial charge in [-0.05, 0) is 32.6 Å². The summed E-state index contributed by atoms with van der Waals surface area (Å²) in [5.74, 6) is -0.195. The zero-order valence-electron chi connectivity index (χ0n) is 11.8. The summed E-state index contributed by atoms with van der Waals surface area (Å²) in [4.78, 5) is 25.6. The number of amides is 2. The molecule has 18 heavy (non-hydrogen) atoms. The molecule has 0 aromatic carbocycles. The molecule has 0 spiro atoms. The fourth-order valence-electron chi connectivity index (χ4n) is 2.36. The molecule has 0 aromatic heterocycles. The molecule has 1 aliphatic rings. The molecule has 1 aliphatic heterocycles. The van der Waals surface area contributed by atoms with E-state index in [1.165, 1.54) is 0 Å². The monoisotopic (exact) mass is 255 g/mol. The first kappa shape index (κ1) is 15.0. The lowest BCUT2D eigenvalue weighted by atomic mass is 10.1. The van der Waals surface area contributed by atoms with Gasteiger partial charge < -0.3 is 16.0 Å². The summed E-state index contributed by atoms with van der Waals surface area (Å²) >= 11 is 0. The Bertz CT molecular complexity index is 307. The average Bonchev–Trinajstić information content (AvgIpc) is 2.64. The molecular weight excluding hydrogens is 230 g/mol. The quantitative estimate of drug-likeness (QED) is 0.767. The highest BCUT2D eigenvalue weighted by atomic mass is 16.2. The average molecular weight is 255 g/mol. The van der Waals surface area contributed by atoms with Gasteiger partial charge in [-0.25, -0.2) is 0 Å². The smallest absolute Gasteiger partial charge is 0.242 e. The van der Waals surface area contributed by atoms with E-state index in [1.807, 2.05) is 32.6 Å². The van der Waals surface area contributed by atoms with Crippen LogP contribution in [0.3, 0.4) is 0 Å². The third-order valence-corrected chi connectivity index (χ3v) is 3.67. The minimum absolute atomic E-state index is 0.0168. The summed E-state index contributed by atoms with van der Waals surface area (Å²) in [7, 11) is 0. The molecule has 0 bridgehead atoms. The molecule has 1 fully saturated rings. The lowest BCUT2D eigenvalue weighted by molar-refractivity contribution is -0.135. The van der Waals surface area contributed by atoms with Crippen molar-refractivity contribution in [2.75, 3.05) is 6.54 Å². The van der Waals surface area contributed by atoms with Gasteiger partial charge in [0.1, 0.15) is 0 Å². The van der Waals surface area contributed by atoms with Crippen LogP contribution in [0.5, 0.6) is 0 Å². The summed E-state index contributed by atoms with van der Waals surface area (Å²) in [5.41, 5.74) is 5.72. The standard InChI is InChI=1S/C13H25N3O2/c1-8(2)12(14)13(18)15-7-11(17)16-9(3)5-6-10(16)4/h8-10,12H,5-7,14H2,1-4H3,(H,15,18)/t9?,10?,12-/m0/s1. The number of nitrogens with two attached hydrogens (primary N) is 1. The molecule has 1 rings (SSSR count). The van der Waals surface area contributed by atoms with Crippen molar-refractivity contribution in [1.82, 2.24) is 10.2 Å². The Kier molecular flexibility index (Phi) is 5.14. The van der Waals surface area contributed by atoms with E-state index in [-0.39, 0.29) is 36.4 Å². The van der Waals surface area contributed by atoms with Crippen LogP contribution in [0, 0.1) is 5.92 Å². The topological polar surface area (TPSA) is 75.4 Å². The largest absolute Gasteiger partial charge is 0.346 e. The number of carbonyl (C=O) groups excluding carboxylic acids is 2. The Morgan fingerprint density at radius 2 is 1.78 bits per heavy atom. The van der Waals surface area contributed by atoms with Gasteiger partial charge in [0.2, 0.25) is 11.8 Å². The number of nitrogens with one attached hydrogen (secondary N) is 1. The van der Waals surface area contributed by atoms with Crippen molar-refractivity contribution in [2.24, 2.45) is 11.7 Å². The summed E-state index contributed by atoms with van der Waals surface area (Å²) in [6.45, 7) is 7.91. The predicted octanol–water partition coefficient (Wildman–Crippen LogP) is 0.485. The van der Waals surface area contributed by atoms with E-state index in [2.05, 4.69) is 5.32 Å². The lowest BCUT2D eigenvalue weighted by Crippen LogP contribution is -2.49. The Hall–Kier alpha value is -1.10. The van der Waals surface area contributed by atoms with Gasteiger partial charge in [0.05, 0.1) is 12.6 Å². The van der Waals surface area contributed by atoms with E-state index < -0.39 is 6.04 Å². The summed E-state index contributed by atoms with van der Waals surface area (Å²) in [6.07, 6.45) is 2.07. The van der Waals surface area contributed by atoms with Crippen LogP contribution in [0.25, 0.3) is 0 Å². The second-order valence-electron chi connectivity index (χ2n) is 5.56. The highest BCUT2D eigenvalue weighted by Gasteiger charge is 2.31. The summed E-state index contributed by atoms with van der Waals surface area (Å²) in [5, 5.41) is 2.63. The Balaban J connectivity index is 2.44. The fraction of sp³-hybridized carbons (Fsp3) is 0.846. The number of nitrogens with zero attached hydrogens (tertiary/aromatic N) is 1. The first-order valence-electron chi connectivity index (χ1n) is 6.69. The molecule has 2 amide bonds. The molecule has 5 nitrogen and oxygen atoms in total. The molecule has 0 radical (unpaired) electrons. The first-order chi connectivity index (χ1) is 8.34. The summed E-state index contributed by atoms with van der Waals surface area (Å²) in [6, 6.07) is -0.0161. The summed E-state index contributed by atoms with van der Waals surface area (Å²) < 4.78 is 0. The van der Waals surface area contributed by atoms with Gasteiger partial charge in [-0.2, -0.15) is 0 Å². The maximum atomic E-state index is 12.0. The van der Waals surface area contributed by atoms with Crippen molar-refractivity contribution in [3.63, 3.8) is 0 Å². The van der Waals surface area contributed by atoms with Crippen LogP contribution in [-0.2, 0) is 9.59 Å². The van der Waals surface area contributed by atoms with Crippen LogP contribution in [-0.4, -0.2) is 41.4 Å². The normalized spacial score (nSPS) is 25.3. The minimum atomic E-state index is -0.550. The Morgan fingerprint density at radius 1 is 1.28 bits per heavy atom. The van der Waals surface area contributed by atoms with Crippen molar-refractivity contribution in [3.05, 3.63) is 0 Å². The van der Waals surface area contributed by atoms with Gasteiger partial charge in [-0.15, -0.1) is 0 Å². The number of hydrogen-bond acceptors (Lipinski definition) is 3. The third kappa shape index (κ3) is 3.45. The fourth-order valence-corrected chi connectivity index (χ4v) is 2.36. The molecule has 0 aliphatic carbocycles. The molecule has 104 valence electrons.